The van der Waals surface area contributed by atoms with Gasteiger partial charge in [0.15, 0.2) is 11.6 Å². The molecule has 0 spiro atoms. The van der Waals surface area contributed by atoms with Gasteiger partial charge in [-0.25, -0.2) is 8.42 Å². The second-order valence-corrected chi connectivity index (χ2v) is 9.69. The number of sulfonamides is 1. The van der Waals surface area contributed by atoms with Crippen LogP contribution in [0.1, 0.15) is 47.5 Å². The van der Waals surface area contributed by atoms with E-state index >= 15 is 0 Å². The van der Waals surface area contributed by atoms with Crippen LogP contribution in [-0.2, 0) is 16.4 Å². The largest absolute Gasteiger partial charge is 0.493 e. The number of nitrogens with zero attached hydrogens (tertiary/aromatic N) is 4. The van der Waals surface area contributed by atoms with Crippen molar-refractivity contribution in [1.29, 1.82) is 0 Å². The van der Waals surface area contributed by atoms with Gasteiger partial charge >= 0.3 is 0 Å². The van der Waals surface area contributed by atoms with Gasteiger partial charge in [-0.3, -0.25) is 0 Å². The smallest absolute Gasteiger partial charge is 0.248 e. The van der Waals surface area contributed by atoms with E-state index in [0.717, 1.165) is 17.7 Å². The SMILES string of the molecule is Cc1cccc(OCCc2noc(C3CCCN(S(=O)(=O)c4c(C)noc4C)C3)n2)c1. The molecule has 31 heavy (non-hydrogen) atoms. The molecule has 1 aliphatic heterocycles. The molecular formula is C21H26N4O5S. The summed E-state index contributed by atoms with van der Waals surface area (Å²) in [6.45, 7) is 6.41. The summed E-state index contributed by atoms with van der Waals surface area (Å²) in [7, 11) is -3.70. The highest BCUT2D eigenvalue weighted by Gasteiger charge is 2.36. The van der Waals surface area contributed by atoms with E-state index < -0.39 is 10.0 Å². The summed E-state index contributed by atoms with van der Waals surface area (Å²) in [5.74, 6) is 1.96. The lowest BCUT2D eigenvalue weighted by Gasteiger charge is -2.29. The fourth-order valence-electron chi connectivity index (χ4n) is 3.83. The molecule has 9 nitrogen and oxygen atoms in total. The molecular weight excluding hydrogens is 420 g/mol. The molecule has 1 saturated heterocycles. The third-order valence-electron chi connectivity index (χ3n) is 5.37. The van der Waals surface area contributed by atoms with Crippen molar-refractivity contribution in [3.8, 4) is 5.75 Å². The third kappa shape index (κ3) is 4.64. The molecule has 1 aromatic carbocycles. The Labute approximate surface area is 181 Å². The zero-order chi connectivity index (χ0) is 22.0. The van der Waals surface area contributed by atoms with Crippen LogP contribution in [0.15, 0.2) is 38.2 Å². The summed E-state index contributed by atoms with van der Waals surface area (Å²) in [6.07, 6.45) is 2.00. The second-order valence-electron chi connectivity index (χ2n) is 7.82. The van der Waals surface area contributed by atoms with Gasteiger partial charge in [0.05, 0.1) is 12.5 Å². The third-order valence-corrected chi connectivity index (χ3v) is 7.48. The molecule has 3 heterocycles. The molecule has 0 bridgehead atoms. The van der Waals surface area contributed by atoms with E-state index in [1.807, 2.05) is 31.2 Å². The van der Waals surface area contributed by atoms with Crippen molar-refractivity contribution in [2.24, 2.45) is 0 Å². The van der Waals surface area contributed by atoms with Crippen molar-refractivity contribution >= 4 is 10.0 Å². The van der Waals surface area contributed by atoms with Crippen LogP contribution >= 0.6 is 0 Å². The van der Waals surface area contributed by atoms with Crippen molar-refractivity contribution in [2.75, 3.05) is 19.7 Å². The number of hydrogen-bond donors (Lipinski definition) is 0. The number of rotatable bonds is 7. The molecule has 0 saturated carbocycles. The average Bonchev–Trinajstić information content (AvgIpc) is 3.35. The number of ether oxygens (including phenoxy) is 1. The van der Waals surface area contributed by atoms with Crippen LogP contribution in [0.25, 0.3) is 0 Å². The fourth-order valence-corrected chi connectivity index (χ4v) is 5.65. The van der Waals surface area contributed by atoms with E-state index in [-0.39, 0.29) is 17.4 Å². The zero-order valence-corrected chi connectivity index (χ0v) is 18.7. The molecule has 2 aromatic heterocycles. The average molecular weight is 447 g/mol. The molecule has 4 rings (SSSR count). The first-order valence-corrected chi connectivity index (χ1v) is 11.7. The highest BCUT2D eigenvalue weighted by Crippen LogP contribution is 2.31. The van der Waals surface area contributed by atoms with Gasteiger partial charge in [0.2, 0.25) is 15.9 Å². The van der Waals surface area contributed by atoms with E-state index in [9.17, 15) is 8.42 Å². The van der Waals surface area contributed by atoms with E-state index in [4.69, 9.17) is 13.8 Å². The standard InChI is InChI=1S/C21H26N4O5S/c1-14-6-4-8-18(12-14)28-11-9-19-22-21(30-24-19)17-7-5-10-25(13-17)31(26,27)20-15(2)23-29-16(20)3/h4,6,8,12,17H,5,7,9-11,13H2,1-3H3. The van der Waals surface area contributed by atoms with Crippen LogP contribution in [0.4, 0.5) is 0 Å². The maximum Gasteiger partial charge on any atom is 0.248 e. The monoisotopic (exact) mass is 446 g/mol. The zero-order valence-electron chi connectivity index (χ0n) is 17.9. The Bertz CT molecular complexity index is 1130. The van der Waals surface area contributed by atoms with Gasteiger partial charge in [0.25, 0.3) is 0 Å². The Hall–Kier alpha value is -2.72. The molecule has 0 aliphatic carbocycles. The van der Waals surface area contributed by atoms with Gasteiger partial charge in [-0.05, 0) is 51.3 Å². The Kier molecular flexibility index (Phi) is 6.10. The topological polar surface area (TPSA) is 112 Å². The lowest BCUT2D eigenvalue weighted by atomic mass is 10.00. The summed E-state index contributed by atoms with van der Waals surface area (Å²) in [6, 6.07) is 7.84. The molecule has 0 amide bonds. The molecule has 1 aliphatic rings. The van der Waals surface area contributed by atoms with Crippen molar-refractivity contribution in [2.45, 2.75) is 50.8 Å². The molecule has 1 unspecified atom stereocenters. The van der Waals surface area contributed by atoms with Crippen LogP contribution in [-0.4, -0.2) is 47.7 Å². The Morgan fingerprint density at radius 1 is 1.19 bits per heavy atom. The summed E-state index contributed by atoms with van der Waals surface area (Å²) < 4.78 is 43.9. The molecule has 10 heteroatoms. The normalized spacial score (nSPS) is 17.7. The lowest BCUT2D eigenvalue weighted by Crippen LogP contribution is -2.39. The van der Waals surface area contributed by atoms with Gasteiger partial charge < -0.3 is 13.8 Å². The highest BCUT2D eigenvalue weighted by molar-refractivity contribution is 7.89. The number of aryl methyl sites for hydroxylation is 3. The van der Waals surface area contributed by atoms with Crippen molar-refractivity contribution in [3.63, 3.8) is 0 Å². The van der Waals surface area contributed by atoms with E-state index in [2.05, 4.69) is 15.3 Å². The lowest BCUT2D eigenvalue weighted by molar-refractivity contribution is 0.264. The van der Waals surface area contributed by atoms with Gasteiger partial charge in [-0.1, -0.05) is 22.4 Å². The van der Waals surface area contributed by atoms with Gasteiger partial charge in [0, 0.05) is 19.5 Å². The Morgan fingerprint density at radius 3 is 2.77 bits per heavy atom. The first-order valence-electron chi connectivity index (χ1n) is 10.3. The van der Waals surface area contributed by atoms with Gasteiger partial charge in [-0.2, -0.15) is 9.29 Å². The second kappa shape index (κ2) is 8.80. The minimum Gasteiger partial charge on any atom is -0.493 e. The maximum atomic E-state index is 13.1. The first kappa shape index (κ1) is 21.5. The predicted octanol–water partition coefficient (Wildman–Crippen LogP) is 3.17. The van der Waals surface area contributed by atoms with Crippen LogP contribution in [0.3, 0.4) is 0 Å². The molecule has 3 aromatic rings. The van der Waals surface area contributed by atoms with Crippen LogP contribution in [0.2, 0.25) is 0 Å². The van der Waals surface area contributed by atoms with Gasteiger partial charge in [0.1, 0.15) is 16.3 Å². The molecule has 0 N–H and O–H groups in total. The minimum atomic E-state index is -3.70. The van der Waals surface area contributed by atoms with Gasteiger partial charge in [-0.15, -0.1) is 0 Å². The Balaban J connectivity index is 1.39. The predicted molar refractivity (Wildman–Crippen MR) is 111 cm³/mol. The maximum absolute atomic E-state index is 13.1. The number of aromatic nitrogens is 3. The number of piperidine rings is 1. The molecule has 166 valence electrons. The van der Waals surface area contributed by atoms with E-state index in [0.29, 0.717) is 49.2 Å². The van der Waals surface area contributed by atoms with E-state index in [1.54, 1.807) is 13.8 Å². The summed E-state index contributed by atoms with van der Waals surface area (Å²) >= 11 is 0. The quantitative estimate of drug-likeness (QED) is 0.544. The number of hydrogen-bond acceptors (Lipinski definition) is 8. The van der Waals surface area contributed by atoms with Crippen molar-refractivity contribution in [1.82, 2.24) is 19.6 Å². The Morgan fingerprint density at radius 2 is 2.03 bits per heavy atom. The van der Waals surface area contributed by atoms with Crippen LogP contribution in [0.5, 0.6) is 5.75 Å². The number of benzene rings is 1. The van der Waals surface area contributed by atoms with Crippen LogP contribution < -0.4 is 4.74 Å². The molecule has 0 radical (unpaired) electrons. The summed E-state index contributed by atoms with van der Waals surface area (Å²) in [5.41, 5.74) is 1.50. The summed E-state index contributed by atoms with van der Waals surface area (Å²) in [4.78, 5) is 4.63. The van der Waals surface area contributed by atoms with E-state index in [1.165, 1.54) is 4.31 Å². The van der Waals surface area contributed by atoms with Crippen LogP contribution in [0, 0.1) is 20.8 Å². The summed E-state index contributed by atoms with van der Waals surface area (Å²) in [5, 5.41) is 7.83. The van der Waals surface area contributed by atoms with Crippen molar-refractivity contribution in [3.05, 3.63) is 53.0 Å². The highest BCUT2D eigenvalue weighted by atomic mass is 32.2. The first-order chi connectivity index (χ1) is 14.8. The minimum absolute atomic E-state index is 0.146. The van der Waals surface area contributed by atoms with Crippen molar-refractivity contribution < 1.29 is 22.2 Å². The molecule has 1 fully saturated rings. The molecule has 1 atom stereocenters. The fraction of sp³-hybridized carbons (Fsp3) is 0.476.